The summed E-state index contributed by atoms with van der Waals surface area (Å²) in [5, 5.41) is 3.67. The van der Waals surface area contributed by atoms with Crippen molar-refractivity contribution in [1.82, 2.24) is 5.32 Å². The highest BCUT2D eigenvalue weighted by molar-refractivity contribution is 6.31. The summed E-state index contributed by atoms with van der Waals surface area (Å²) in [5.41, 5.74) is 1.15. The molecule has 1 saturated carbocycles. The first-order valence-electron chi connectivity index (χ1n) is 4.77. The summed E-state index contributed by atoms with van der Waals surface area (Å²) in [6.07, 6.45) is 0.961. The van der Waals surface area contributed by atoms with E-state index in [4.69, 9.17) is 11.6 Å². The Bertz CT molecular complexity index is 418. The number of benzene rings is 1. The molecule has 1 aromatic rings. The number of fused-ring (bicyclic) bond motifs is 1. The zero-order valence-corrected chi connectivity index (χ0v) is 8.34. The van der Waals surface area contributed by atoms with E-state index in [0.717, 1.165) is 23.6 Å². The SMILES string of the molecule is O=C1NCC2(c3ccccc3Cl)CC12. The van der Waals surface area contributed by atoms with Gasteiger partial charge in [-0.25, -0.2) is 0 Å². The van der Waals surface area contributed by atoms with Gasteiger partial charge < -0.3 is 5.32 Å². The van der Waals surface area contributed by atoms with Gasteiger partial charge in [0.15, 0.2) is 0 Å². The number of halogens is 1. The number of hydrogen-bond donors (Lipinski definition) is 1. The standard InChI is InChI=1S/C11H10ClNO/c12-9-4-2-1-3-7(9)11-5-8(11)10(14)13-6-11/h1-4,8H,5-6H2,(H,13,14). The van der Waals surface area contributed by atoms with Crippen molar-refractivity contribution in [2.75, 3.05) is 6.54 Å². The third kappa shape index (κ3) is 0.894. The van der Waals surface area contributed by atoms with Crippen LogP contribution in [-0.2, 0) is 10.2 Å². The predicted molar refractivity (Wildman–Crippen MR) is 54.2 cm³/mol. The summed E-state index contributed by atoms with van der Waals surface area (Å²) in [6, 6.07) is 7.82. The van der Waals surface area contributed by atoms with Crippen LogP contribution in [0, 0.1) is 5.92 Å². The number of hydrogen-bond acceptors (Lipinski definition) is 1. The van der Waals surface area contributed by atoms with Crippen LogP contribution in [0.3, 0.4) is 0 Å². The summed E-state index contributed by atoms with van der Waals surface area (Å²) in [7, 11) is 0. The van der Waals surface area contributed by atoms with Gasteiger partial charge in [0.1, 0.15) is 0 Å². The fourth-order valence-corrected chi connectivity index (χ4v) is 2.79. The van der Waals surface area contributed by atoms with Crippen LogP contribution in [0.4, 0.5) is 0 Å². The molecule has 0 aromatic heterocycles. The molecule has 1 aliphatic carbocycles. The third-order valence-electron chi connectivity index (χ3n) is 3.38. The Morgan fingerprint density at radius 3 is 2.79 bits per heavy atom. The predicted octanol–water partition coefficient (Wildman–Crippen LogP) is 1.73. The Morgan fingerprint density at radius 1 is 1.43 bits per heavy atom. The molecule has 2 nitrogen and oxygen atoms in total. The van der Waals surface area contributed by atoms with Crippen molar-refractivity contribution >= 4 is 17.5 Å². The Morgan fingerprint density at radius 2 is 2.21 bits per heavy atom. The minimum Gasteiger partial charge on any atom is -0.355 e. The molecular formula is C11H10ClNO. The normalized spacial score (nSPS) is 33.8. The second kappa shape index (κ2) is 2.51. The first-order chi connectivity index (χ1) is 6.74. The monoisotopic (exact) mass is 207 g/mol. The van der Waals surface area contributed by atoms with Crippen molar-refractivity contribution < 1.29 is 4.79 Å². The van der Waals surface area contributed by atoms with Crippen LogP contribution in [-0.4, -0.2) is 12.5 Å². The first kappa shape index (κ1) is 8.30. The molecule has 3 heteroatoms. The lowest BCUT2D eigenvalue weighted by Crippen LogP contribution is -2.22. The molecular weight excluding hydrogens is 198 g/mol. The van der Waals surface area contributed by atoms with Gasteiger partial charge in [-0.1, -0.05) is 29.8 Å². The van der Waals surface area contributed by atoms with Gasteiger partial charge in [0.2, 0.25) is 5.91 Å². The molecule has 2 unspecified atom stereocenters. The maximum Gasteiger partial charge on any atom is 0.224 e. The Labute approximate surface area is 87.3 Å². The molecule has 1 N–H and O–H groups in total. The molecule has 2 aliphatic rings. The Hall–Kier alpha value is -1.02. The molecule has 3 rings (SSSR count). The molecule has 1 aliphatic heterocycles. The fraction of sp³-hybridized carbons (Fsp3) is 0.364. The molecule has 0 radical (unpaired) electrons. The highest BCUT2D eigenvalue weighted by Crippen LogP contribution is 2.58. The van der Waals surface area contributed by atoms with E-state index in [1.165, 1.54) is 0 Å². The zero-order valence-electron chi connectivity index (χ0n) is 7.59. The maximum absolute atomic E-state index is 11.4. The van der Waals surface area contributed by atoms with Crippen LogP contribution < -0.4 is 5.32 Å². The van der Waals surface area contributed by atoms with Crippen molar-refractivity contribution in [3.8, 4) is 0 Å². The number of nitrogens with one attached hydrogen (secondary N) is 1. The van der Waals surface area contributed by atoms with E-state index in [1.54, 1.807) is 0 Å². The highest BCUT2D eigenvalue weighted by atomic mass is 35.5. The molecule has 14 heavy (non-hydrogen) atoms. The Balaban J connectivity index is 2.06. The fourth-order valence-electron chi connectivity index (χ4n) is 2.47. The van der Waals surface area contributed by atoms with Gasteiger partial charge >= 0.3 is 0 Å². The lowest BCUT2D eigenvalue weighted by atomic mass is 9.95. The number of amides is 1. The van der Waals surface area contributed by atoms with E-state index < -0.39 is 0 Å². The quantitative estimate of drug-likeness (QED) is 0.747. The number of rotatable bonds is 1. The van der Waals surface area contributed by atoms with Crippen molar-refractivity contribution in [2.24, 2.45) is 5.92 Å². The summed E-state index contributed by atoms with van der Waals surface area (Å²) < 4.78 is 0. The maximum atomic E-state index is 11.4. The van der Waals surface area contributed by atoms with E-state index in [9.17, 15) is 4.79 Å². The van der Waals surface area contributed by atoms with E-state index in [1.807, 2.05) is 24.3 Å². The second-order valence-corrected chi connectivity index (χ2v) is 4.52. The molecule has 0 spiro atoms. The molecule has 1 aromatic carbocycles. The van der Waals surface area contributed by atoms with E-state index >= 15 is 0 Å². The van der Waals surface area contributed by atoms with Crippen molar-refractivity contribution in [3.63, 3.8) is 0 Å². The van der Waals surface area contributed by atoms with Crippen LogP contribution >= 0.6 is 11.6 Å². The van der Waals surface area contributed by atoms with E-state index in [-0.39, 0.29) is 17.2 Å². The summed E-state index contributed by atoms with van der Waals surface area (Å²) in [4.78, 5) is 11.4. The highest BCUT2D eigenvalue weighted by Gasteiger charge is 2.63. The lowest BCUT2D eigenvalue weighted by Gasteiger charge is -2.12. The number of carbonyl (C=O) groups excluding carboxylic acids is 1. The molecule has 0 bridgehead atoms. The van der Waals surface area contributed by atoms with Crippen LogP contribution in [0.2, 0.25) is 5.02 Å². The molecule has 72 valence electrons. The second-order valence-electron chi connectivity index (χ2n) is 4.11. The largest absolute Gasteiger partial charge is 0.355 e. The van der Waals surface area contributed by atoms with Crippen molar-refractivity contribution in [2.45, 2.75) is 11.8 Å². The molecule has 2 atom stereocenters. The van der Waals surface area contributed by atoms with Crippen molar-refractivity contribution in [1.29, 1.82) is 0 Å². The topological polar surface area (TPSA) is 29.1 Å². The van der Waals surface area contributed by atoms with E-state index in [0.29, 0.717) is 0 Å². The van der Waals surface area contributed by atoms with Gasteiger partial charge in [0.25, 0.3) is 0 Å². The number of carbonyl (C=O) groups is 1. The van der Waals surface area contributed by atoms with Crippen LogP contribution in [0.5, 0.6) is 0 Å². The van der Waals surface area contributed by atoms with Gasteiger partial charge in [-0.3, -0.25) is 4.79 Å². The lowest BCUT2D eigenvalue weighted by molar-refractivity contribution is -0.120. The first-order valence-corrected chi connectivity index (χ1v) is 5.14. The smallest absolute Gasteiger partial charge is 0.224 e. The van der Waals surface area contributed by atoms with Crippen LogP contribution in [0.1, 0.15) is 12.0 Å². The van der Waals surface area contributed by atoms with Gasteiger partial charge in [0, 0.05) is 17.0 Å². The summed E-state index contributed by atoms with van der Waals surface area (Å²) >= 11 is 6.13. The van der Waals surface area contributed by atoms with E-state index in [2.05, 4.69) is 5.32 Å². The number of piperidine rings is 1. The zero-order chi connectivity index (χ0) is 9.76. The molecule has 1 heterocycles. The van der Waals surface area contributed by atoms with Crippen LogP contribution in [0.25, 0.3) is 0 Å². The third-order valence-corrected chi connectivity index (χ3v) is 3.71. The average Bonchev–Trinajstić information content (AvgIpc) is 2.84. The van der Waals surface area contributed by atoms with Gasteiger partial charge in [-0.05, 0) is 18.1 Å². The van der Waals surface area contributed by atoms with Crippen LogP contribution in [0.15, 0.2) is 24.3 Å². The summed E-state index contributed by atoms with van der Waals surface area (Å²) in [5.74, 6) is 0.354. The minimum atomic E-state index is 0.0232. The van der Waals surface area contributed by atoms with Gasteiger partial charge in [0.05, 0.1) is 5.92 Å². The molecule has 1 saturated heterocycles. The Kier molecular flexibility index (Phi) is 1.49. The average molecular weight is 208 g/mol. The minimum absolute atomic E-state index is 0.0232. The molecule has 2 fully saturated rings. The van der Waals surface area contributed by atoms with Crippen molar-refractivity contribution in [3.05, 3.63) is 34.9 Å². The summed E-state index contributed by atoms with van der Waals surface area (Å²) in [6.45, 7) is 0.750. The molecule has 1 amide bonds. The van der Waals surface area contributed by atoms with Gasteiger partial charge in [-0.2, -0.15) is 0 Å². The van der Waals surface area contributed by atoms with Gasteiger partial charge in [-0.15, -0.1) is 0 Å².